The molecule has 2 rings (SSSR count). The number of aryl methyl sites for hydroxylation is 1. The lowest BCUT2D eigenvalue weighted by molar-refractivity contribution is 0.371. The van der Waals surface area contributed by atoms with Crippen LogP contribution in [0.1, 0.15) is 38.3 Å². The zero-order chi connectivity index (χ0) is 13.5. The first-order chi connectivity index (χ1) is 9.28. The molecule has 1 saturated heterocycles. The van der Waals surface area contributed by atoms with Gasteiger partial charge in [0.25, 0.3) is 5.56 Å². The van der Waals surface area contributed by atoms with Gasteiger partial charge in [-0.15, -0.1) is 0 Å². The SMILES string of the molecule is CCCc1cc(=O)[nH]c(SCCC2CCCNC2)n1. The Morgan fingerprint density at radius 1 is 1.53 bits per heavy atom. The monoisotopic (exact) mass is 281 g/mol. The molecule has 0 bridgehead atoms. The number of aromatic amines is 1. The molecule has 1 atom stereocenters. The molecular weight excluding hydrogens is 258 g/mol. The van der Waals surface area contributed by atoms with Crippen LogP contribution in [-0.2, 0) is 6.42 Å². The van der Waals surface area contributed by atoms with E-state index in [-0.39, 0.29) is 5.56 Å². The number of hydrogen-bond acceptors (Lipinski definition) is 4. The molecule has 5 heteroatoms. The Morgan fingerprint density at radius 3 is 3.16 bits per heavy atom. The van der Waals surface area contributed by atoms with E-state index in [4.69, 9.17) is 0 Å². The van der Waals surface area contributed by atoms with Crippen LogP contribution in [0.15, 0.2) is 16.0 Å². The Balaban J connectivity index is 1.82. The van der Waals surface area contributed by atoms with Crippen molar-refractivity contribution in [2.45, 2.75) is 44.2 Å². The molecule has 0 aliphatic carbocycles. The van der Waals surface area contributed by atoms with Crippen LogP contribution in [0.25, 0.3) is 0 Å². The van der Waals surface area contributed by atoms with Crippen molar-refractivity contribution in [3.05, 3.63) is 22.1 Å². The molecule has 1 fully saturated rings. The fraction of sp³-hybridized carbons (Fsp3) is 0.714. The average molecular weight is 281 g/mol. The van der Waals surface area contributed by atoms with Crippen LogP contribution < -0.4 is 10.9 Å². The Bertz CT molecular complexity index is 441. The number of nitrogens with zero attached hydrogens (tertiary/aromatic N) is 1. The highest BCUT2D eigenvalue weighted by molar-refractivity contribution is 7.99. The van der Waals surface area contributed by atoms with Crippen LogP contribution >= 0.6 is 11.8 Å². The van der Waals surface area contributed by atoms with Gasteiger partial charge in [-0.3, -0.25) is 4.79 Å². The summed E-state index contributed by atoms with van der Waals surface area (Å²) in [5.41, 5.74) is 0.883. The summed E-state index contributed by atoms with van der Waals surface area (Å²) in [7, 11) is 0. The smallest absolute Gasteiger partial charge is 0.251 e. The lowest BCUT2D eigenvalue weighted by Crippen LogP contribution is -2.29. The van der Waals surface area contributed by atoms with Crippen LogP contribution in [0, 0.1) is 5.92 Å². The van der Waals surface area contributed by atoms with Crippen LogP contribution in [0.3, 0.4) is 0 Å². The van der Waals surface area contributed by atoms with Crippen molar-refractivity contribution >= 4 is 11.8 Å². The summed E-state index contributed by atoms with van der Waals surface area (Å²) in [6.45, 7) is 4.41. The third-order valence-electron chi connectivity index (χ3n) is 3.44. The van der Waals surface area contributed by atoms with Gasteiger partial charge >= 0.3 is 0 Å². The van der Waals surface area contributed by atoms with Crippen LogP contribution in [-0.4, -0.2) is 28.8 Å². The molecule has 106 valence electrons. The molecule has 0 spiro atoms. The largest absolute Gasteiger partial charge is 0.316 e. The summed E-state index contributed by atoms with van der Waals surface area (Å²) >= 11 is 1.67. The van der Waals surface area contributed by atoms with Gasteiger partial charge in [0.1, 0.15) is 0 Å². The predicted molar refractivity (Wildman–Crippen MR) is 79.8 cm³/mol. The fourth-order valence-corrected chi connectivity index (χ4v) is 3.43. The maximum atomic E-state index is 11.5. The van der Waals surface area contributed by atoms with Crippen molar-refractivity contribution in [3.63, 3.8) is 0 Å². The molecule has 0 radical (unpaired) electrons. The average Bonchev–Trinajstić information content (AvgIpc) is 2.40. The van der Waals surface area contributed by atoms with E-state index in [9.17, 15) is 4.79 Å². The second kappa shape index (κ2) is 7.70. The number of nitrogens with one attached hydrogen (secondary N) is 2. The van der Waals surface area contributed by atoms with Gasteiger partial charge in [0.15, 0.2) is 5.16 Å². The number of piperidine rings is 1. The lowest BCUT2D eigenvalue weighted by Gasteiger charge is -2.22. The van der Waals surface area contributed by atoms with E-state index in [0.717, 1.165) is 48.5 Å². The number of hydrogen-bond donors (Lipinski definition) is 2. The molecule has 1 aliphatic heterocycles. The highest BCUT2D eigenvalue weighted by Crippen LogP contribution is 2.20. The maximum absolute atomic E-state index is 11.5. The third kappa shape index (κ3) is 4.99. The second-order valence-corrected chi connectivity index (χ2v) is 6.23. The molecule has 19 heavy (non-hydrogen) atoms. The van der Waals surface area contributed by atoms with E-state index in [1.54, 1.807) is 17.8 Å². The quantitative estimate of drug-likeness (QED) is 0.620. The van der Waals surface area contributed by atoms with Crippen molar-refractivity contribution in [2.24, 2.45) is 5.92 Å². The van der Waals surface area contributed by atoms with Gasteiger partial charge in [-0.05, 0) is 44.7 Å². The minimum Gasteiger partial charge on any atom is -0.316 e. The van der Waals surface area contributed by atoms with Gasteiger partial charge in [0, 0.05) is 17.5 Å². The second-order valence-electron chi connectivity index (χ2n) is 5.14. The molecule has 1 aromatic rings. The van der Waals surface area contributed by atoms with E-state index in [2.05, 4.69) is 22.2 Å². The fourth-order valence-electron chi connectivity index (χ4n) is 2.43. The van der Waals surface area contributed by atoms with Crippen LogP contribution in [0.4, 0.5) is 0 Å². The maximum Gasteiger partial charge on any atom is 0.251 e. The van der Waals surface area contributed by atoms with Crippen molar-refractivity contribution in [1.29, 1.82) is 0 Å². The molecule has 4 nitrogen and oxygen atoms in total. The van der Waals surface area contributed by atoms with Crippen LogP contribution in [0.2, 0.25) is 0 Å². The molecular formula is C14H23N3OS. The Morgan fingerprint density at radius 2 is 2.42 bits per heavy atom. The topological polar surface area (TPSA) is 57.8 Å². The molecule has 1 aromatic heterocycles. The van der Waals surface area contributed by atoms with Gasteiger partial charge in [0.2, 0.25) is 0 Å². The summed E-state index contributed by atoms with van der Waals surface area (Å²) in [4.78, 5) is 18.9. The highest BCUT2D eigenvalue weighted by atomic mass is 32.2. The standard InChI is InChI=1S/C14H23N3OS/c1-2-4-12-9-13(18)17-14(16-12)19-8-6-11-5-3-7-15-10-11/h9,11,15H,2-8,10H2,1H3,(H,16,17,18). The summed E-state index contributed by atoms with van der Waals surface area (Å²) in [6, 6.07) is 1.61. The van der Waals surface area contributed by atoms with Gasteiger partial charge in [-0.2, -0.15) is 0 Å². The predicted octanol–water partition coefficient (Wildman–Crippen LogP) is 2.20. The molecule has 0 amide bonds. The summed E-state index contributed by atoms with van der Waals surface area (Å²) in [5, 5.41) is 4.21. The summed E-state index contributed by atoms with van der Waals surface area (Å²) in [6.07, 6.45) is 5.71. The normalized spacial score (nSPS) is 19.5. The number of rotatable bonds is 6. The Hall–Kier alpha value is -0.810. The van der Waals surface area contributed by atoms with Crippen LogP contribution in [0.5, 0.6) is 0 Å². The highest BCUT2D eigenvalue weighted by Gasteiger charge is 2.12. The third-order valence-corrected chi connectivity index (χ3v) is 4.35. The van der Waals surface area contributed by atoms with E-state index >= 15 is 0 Å². The van der Waals surface area contributed by atoms with Crippen molar-refractivity contribution in [1.82, 2.24) is 15.3 Å². The van der Waals surface area contributed by atoms with Gasteiger partial charge in [-0.1, -0.05) is 25.1 Å². The summed E-state index contributed by atoms with van der Waals surface area (Å²) < 4.78 is 0. The van der Waals surface area contributed by atoms with Crippen molar-refractivity contribution in [3.8, 4) is 0 Å². The minimum absolute atomic E-state index is 0.0275. The van der Waals surface area contributed by atoms with Crippen molar-refractivity contribution < 1.29 is 0 Å². The first-order valence-corrected chi connectivity index (χ1v) is 8.20. The first kappa shape index (κ1) is 14.6. The molecule has 0 aromatic carbocycles. The van der Waals surface area contributed by atoms with Crippen molar-refractivity contribution in [2.75, 3.05) is 18.8 Å². The van der Waals surface area contributed by atoms with E-state index in [1.165, 1.54) is 19.3 Å². The van der Waals surface area contributed by atoms with Gasteiger partial charge in [-0.25, -0.2) is 4.98 Å². The van der Waals surface area contributed by atoms with E-state index in [0.29, 0.717) is 0 Å². The van der Waals surface area contributed by atoms with E-state index < -0.39 is 0 Å². The molecule has 2 heterocycles. The Kier molecular flexibility index (Phi) is 5.92. The zero-order valence-electron chi connectivity index (χ0n) is 11.6. The Labute approximate surface area is 118 Å². The number of thioether (sulfide) groups is 1. The molecule has 1 aliphatic rings. The molecule has 1 unspecified atom stereocenters. The summed E-state index contributed by atoms with van der Waals surface area (Å²) in [5.74, 6) is 1.82. The zero-order valence-corrected chi connectivity index (χ0v) is 12.4. The van der Waals surface area contributed by atoms with E-state index in [1.807, 2.05) is 0 Å². The molecule has 0 saturated carbocycles. The minimum atomic E-state index is -0.0275. The lowest BCUT2D eigenvalue weighted by atomic mass is 9.97. The first-order valence-electron chi connectivity index (χ1n) is 7.21. The number of H-pyrrole nitrogens is 1. The van der Waals surface area contributed by atoms with Gasteiger partial charge < -0.3 is 10.3 Å². The van der Waals surface area contributed by atoms with Gasteiger partial charge in [0.05, 0.1) is 0 Å². The number of aromatic nitrogens is 2. The molecule has 2 N–H and O–H groups in total.